The van der Waals surface area contributed by atoms with Gasteiger partial charge in [-0.2, -0.15) is 0 Å². The molecule has 20 heavy (non-hydrogen) atoms. The first-order chi connectivity index (χ1) is 9.63. The van der Waals surface area contributed by atoms with E-state index in [0.717, 1.165) is 10.0 Å². The van der Waals surface area contributed by atoms with Crippen molar-refractivity contribution in [2.45, 2.75) is 12.5 Å². The molecule has 1 atom stereocenters. The lowest BCUT2D eigenvalue weighted by Gasteiger charge is -2.23. The molecule has 0 radical (unpaired) electrons. The number of cyclic esters (lactones) is 1. The molecule has 0 saturated heterocycles. The summed E-state index contributed by atoms with van der Waals surface area (Å²) in [6, 6.07) is 5.30. The quantitative estimate of drug-likeness (QED) is 0.843. The first-order valence-corrected chi connectivity index (χ1v) is 7.50. The standard InChI is InChI=1S/C13H9BrN2O3S/c14-8-1-2-9-7(5-8)6-10(19-12(9)18)11(17)16-13-15-3-4-20-13/h1-5,10H,6H2,(H,15,16,17)/t10-/m0/s1. The molecular formula is C13H9BrN2O3S. The van der Waals surface area contributed by atoms with Gasteiger partial charge >= 0.3 is 5.97 Å². The normalized spacial score (nSPS) is 17.2. The van der Waals surface area contributed by atoms with Crippen molar-refractivity contribution >= 4 is 44.3 Å². The SMILES string of the molecule is O=C1O[C@H](C(=O)Nc2nccs2)Cc2cc(Br)ccc21. The Labute approximate surface area is 127 Å². The van der Waals surface area contributed by atoms with Crippen LogP contribution in [0.2, 0.25) is 0 Å². The van der Waals surface area contributed by atoms with Gasteiger partial charge in [0.05, 0.1) is 5.56 Å². The van der Waals surface area contributed by atoms with Crippen molar-refractivity contribution in [3.63, 3.8) is 0 Å². The van der Waals surface area contributed by atoms with E-state index in [-0.39, 0.29) is 5.91 Å². The second-order valence-electron chi connectivity index (χ2n) is 4.23. The van der Waals surface area contributed by atoms with Gasteiger partial charge in [0.15, 0.2) is 11.2 Å². The van der Waals surface area contributed by atoms with Crippen LogP contribution in [0, 0.1) is 0 Å². The summed E-state index contributed by atoms with van der Waals surface area (Å²) in [6.45, 7) is 0. The fourth-order valence-corrected chi connectivity index (χ4v) is 2.92. The minimum absolute atomic E-state index is 0.359. The lowest BCUT2D eigenvalue weighted by molar-refractivity contribution is -0.125. The predicted octanol–water partition coefficient (Wildman–Crippen LogP) is 2.63. The van der Waals surface area contributed by atoms with E-state index in [1.807, 2.05) is 6.07 Å². The van der Waals surface area contributed by atoms with Gasteiger partial charge in [-0.15, -0.1) is 11.3 Å². The number of rotatable bonds is 2. The second-order valence-corrected chi connectivity index (χ2v) is 6.04. The van der Waals surface area contributed by atoms with Crippen molar-refractivity contribution in [3.8, 4) is 0 Å². The number of fused-ring (bicyclic) bond motifs is 1. The predicted molar refractivity (Wildman–Crippen MR) is 77.8 cm³/mol. The average Bonchev–Trinajstić information content (AvgIpc) is 2.90. The molecule has 1 aliphatic rings. The topological polar surface area (TPSA) is 68.3 Å². The second kappa shape index (κ2) is 5.34. The average molecular weight is 353 g/mol. The molecule has 2 aromatic rings. The summed E-state index contributed by atoms with van der Waals surface area (Å²) in [5.74, 6) is -0.836. The van der Waals surface area contributed by atoms with E-state index in [2.05, 4.69) is 26.2 Å². The number of aromatic nitrogens is 1. The number of carbonyl (C=O) groups is 2. The van der Waals surface area contributed by atoms with E-state index in [4.69, 9.17) is 4.74 Å². The van der Waals surface area contributed by atoms with Crippen LogP contribution in [-0.2, 0) is 16.0 Å². The third-order valence-corrected chi connectivity index (χ3v) is 4.08. The number of thiazole rings is 1. The van der Waals surface area contributed by atoms with Gasteiger partial charge in [0.25, 0.3) is 5.91 Å². The smallest absolute Gasteiger partial charge is 0.339 e. The van der Waals surface area contributed by atoms with E-state index >= 15 is 0 Å². The van der Waals surface area contributed by atoms with Crippen LogP contribution in [0.1, 0.15) is 15.9 Å². The van der Waals surface area contributed by atoms with Crippen molar-refractivity contribution in [2.75, 3.05) is 5.32 Å². The molecule has 1 aromatic carbocycles. The number of amides is 1. The minimum Gasteiger partial charge on any atom is -0.448 e. The summed E-state index contributed by atoms with van der Waals surface area (Å²) < 4.78 is 6.04. The molecule has 102 valence electrons. The summed E-state index contributed by atoms with van der Waals surface area (Å²) in [5, 5.41) is 4.89. The van der Waals surface area contributed by atoms with Gasteiger partial charge < -0.3 is 4.74 Å². The molecule has 0 aliphatic carbocycles. The van der Waals surface area contributed by atoms with Crippen molar-refractivity contribution in [1.82, 2.24) is 4.98 Å². The maximum Gasteiger partial charge on any atom is 0.339 e. The minimum atomic E-state index is -0.826. The molecule has 0 spiro atoms. The summed E-state index contributed by atoms with van der Waals surface area (Å²) in [5.41, 5.74) is 1.31. The van der Waals surface area contributed by atoms with Crippen LogP contribution >= 0.6 is 27.3 Å². The summed E-state index contributed by atoms with van der Waals surface area (Å²) >= 11 is 4.67. The Balaban J connectivity index is 1.80. The molecular weight excluding hydrogens is 344 g/mol. The van der Waals surface area contributed by atoms with Crippen LogP contribution in [0.25, 0.3) is 0 Å². The maximum absolute atomic E-state index is 12.1. The van der Waals surface area contributed by atoms with Crippen LogP contribution in [0.5, 0.6) is 0 Å². The molecule has 2 heterocycles. The van der Waals surface area contributed by atoms with Crippen molar-refractivity contribution in [2.24, 2.45) is 0 Å². The van der Waals surface area contributed by atoms with E-state index < -0.39 is 12.1 Å². The number of carbonyl (C=O) groups excluding carboxylic acids is 2. The van der Waals surface area contributed by atoms with E-state index in [9.17, 15) is 9.59 Å². The third-order valence-electron chi connectivity index (χ3n) is 2.90. The van der Waals surface area contributed by atoms with Gasteiger partial charge in [0, 0.05) is 22.5 Å². The van der Waals surface area contributed by atoms with Crippen molar-refractivity contribution in [3.05, 3.63) is 45.4 Å². The number of ether oxygens (including phenoxy) is 1. The zero-order valence-electron chi connectivity index (χ0n) is 10.1. The molecule has 0 saturated carbocycles. The fraction of sp³-hybridized carbons (Fsp3) is 0.154. The Morgan fingerprint density at radius 2 is 2.35 bits per heavy atom. The number of benzene rings is 1. The molecule has 3 rings (SSSR count). The van der Waals surface area contributed by atoms with Crippen molar-refractivity contribution in [1.29, 1.82) is 0 Å². The highest BCUT2D eigenvalue weighted by molar-refractivity contribution is 9.10. The molecule has 1 N–H and O–H groups in total. The Bertz CT molecular complexity index is 672. The third kappa shape index (κ3) is 2.59. The largest absolute Gasteiger partial charge is 0.448 e. The number of hydrogen-bond donors (Lipinski definition) is 1. The van der Waals surface area contributed by atoms with E-state index in [0.29, 0.717) is 17.1 Å². The zero-order valence-corrected chi connectivity index (χ0v) is 12.5. The van der Waals surface area contributed by atoms with E-state index in [1.54, 1.807) is 23.7 Å². The number of anilines is 1. The van der Waals surface area contributed by atoms with Gasteiger partial charge in [-0.25, -0.2) is 9.78 Å². The Morgan fingerprint density at radius 3 is 3.10 bits per heavy atom. The summed E-state index contributed by atoms with van der Waals surface area (Å²) in [4.78, 5) is 27.9. The Kier molecular flexibility index (Phi) is 3.54. The Morgan fingerprint density at radius 1 is 1.50 bits per heavy atom. The molecule has 5 nitrogen and oxygen atoms in total. The molecule has 1 aliphatic heterocycles. The van der Waals surface area contributed by atoms with Gasteiger partial charge in [0.2, 0.25) is 0 Å². The summed E-state index contributed by atoms with van der Waals surface area (Å²) in [6.07, 6.45) is 1.13. The lowest BCUT2D eigenvalue weighted by atomic mass is 9.98. The maximum atomic E-state index is 12.1. The highest BCUT2D eigenvalue weighted by atomic mass is 79.9. The van der Waals surface area contributed by atoms with Crippen LogP contribution in [0.15, 0.2) is 34.2 Å². The van der Waals surface area contributed by atoms with Gasteiger partial charge in [-0.05, 0) is 23.8 Å². The monoisotopic (exact) mass is 352 g/mol. The number of hydrogen-bond acceptors (Lipinski definition) is 5. The number of nitrogens with zero attached hydrogens (tertiary/aromatic N) is 1. The molecule has 0 bridgehead atoms. The van der Waals surface area contributed by atoms with Crippen molar-refractivity contribution < 1.29 is 14.3 Å². The molecule has 7 heteroatoms. The molecule has 1 amide bonds. The first kappa shape index (κ1) is 13.3. The summed E-state index contributed by atoms with van der Waals surface area (Å²) in [7, 11) is 0. The van der Waals surface area contributed by atoms with Gasteiger partial charge in [-0.3, -0.25) is 10.1 Å². The molecule has 1 aromatic heterocycles. The lowest BCUT2D eigenvalue weighted by Crippen LogP contribution is -2.37. The number of nitrogens with one attached hydrogen (secondary N) is 1. The van der Waals surface area contributed by atoms with Crippen LogP contribution in [0.3, 0.4) is 0 Å². The van der Waals surface area contributed by atoms with Gasteiger partial charge in [-0.1, -0.05) is 15.9 Å². The van der Waals surface area contributed by atoms with E-state index in [1.165, 1.54) is 11.3 Å². The van der Waals surface area contributed by atoms with Crippen LogP contribution in [0.4, 0.5) is 5.13 Å². The molecule has 0 unspecified atom stereocenters. The van der Waals surface area contributed by atoms with Crippen LogP contribution < -0.4 is 5.32 Å². The zero-order chi connectivity index (χ0) is 14.1. The number of esters is 1. The van der Waals surface area contributed by atoms with Crippen LogP contribution in [-0.4, -0.2) is 23.0 Å². The number of halogens is 1. The molecule has 0 fully saturated rings. The fourth-order valence-electron chi connectivity index (χ4n) is 1.98. The Hall–Kier alpha value is -1.73. The first-order valence-electron chi connectivity index (χ1n) is 5.83. The highest BCUT2D eigenvalue weighted by Gasteiger charge is 2.31. The highest BCUT2D eigenvalue weighted by Crippen LogP contribution is 2.25. The van der Waals surface area contributed by atoms with Gasteiger partial charge in [0.1, 0.15) is 0 Å².